The van der Waals surface area contributed by atoms with E-state index in [4.69, 9.17) is 4.74 Å². The van der Waals surface area contributed by atoms with Crippen molar-refractivity contribution >= 4 is 17.5 Å². The molecule has 0 spiro atoms. The average molecular weight is 253 g/mol. The highest BCUT2D eigenvalue weighted by atomic mass is 16.6. The maximum atomic E-state index is 11.1. The van der Waals surface area contributed by atoms with Crippen LogP contribution in [0.25, 0.3) is 0 Å². The summed E-state index contributed by atoms with van der Waals surface area (Å²) in [5.74, 6) is -0.176. The smallest absolute Gasteiger partial charge is 0.314 e. The fourth-order valence-electron chi connectivity index (χ4n) is 1.43. The van der Waals surface area contributed by atoms with E-state index < -0.39 is 4.92 Å². The van der Waals surface area contributed by atoms with Crippen molar-refractivity contribution in [3.63, 3.8) is 0 Å². The molecule has 98 valence electrons. The van der Waals surface area contributed by atoms with Crippen LogP contribution >= 0.6 is 0 Å². The molecular formula is C11H15N3O4. The van der Waals surface area contributed by atoms with Crippen molar-refractivity contribution in [2.45, 2.75) is 20.3 Å². The van der Waals surface area contributed by atoms with Crippen molar-refractivity contribution < 1.29 is 14.5 Å². The zero-order valence-electron chi connectivity index (χ0n) is 10.3. The van der Waals surface area contributed by atoms with Crippen LogP contribution in [0, 0.1) is 17.0 Å². The molecule has 0 unspecified atom stereocenters. The molecule has 1 aromatic rings. The van der Waals surface area contributed by atoms with Crippen molar-refractivity contribution in [2.24, 2.45) is 0 Å². The number of carbonyl (C=O) groups excluding carboxylic acids is 1. The van der Waals surface area contributed by atoms with E-state index in [-0.39, 0.29) is 30.4 Å². The minimum absolute atomic E-state index is 0.0682. The average Bonchev–Trinajstić information content (AvgIpc) is 2.28. The first-order valence-electron chi connectivity index (χ1n) is 5.55. The summed E-state index contributed by atoms with van der Waals surface area (Å²) < 4.78 is 4.75. The van der Waals surface area contributed by atoms with Gasteiger partial charge >= 0.3 is 11.7 Å². The number of hydrogen-bond acceptors (Lipinski definition) is 6. The lowest BCUT2D eigenvalue weighted by Gasteiger charge is -2.07. The number of rotatable bonds is 6. The minimum Gasteiger partial charge on any atom is -0.466 e. The predicted octanol–water partition coefficient (Wildman–Crippen LogP) is 1.66. The van der Waals surface area contributed by atoms with Crippen LogP contribution in [0.5, 0.6) is 0 Å². The summed E-state index contributed by atoms with van der Waals surface area (Å²) >= 11 is 0. The number of nitro groups is 1. The van der Waals surface area contributed by atoms with Crippen molar-refractivity contribution in [1.29, 1.82) is 0 Å². The molecule has 1 rings (SSSR count). The van der Waals surface area contributed by atoms with Gasteiger partial charge in [0.1, 0.15) is 0 Å². The number of nitrogens with one attached hydrogen (secondary N) is 1. The van der Waals surface area contributed by atoms with Crippen LogP contribution in [0.4, 0.5) is 11.5 Å². The van der Waals surface area contributed by atoms with Gasteiger partial charge in [-0.2, -0.15) is 0 Å². The molecule has 1 heterocycles. The second kappa shape index (κ2) is 6.53. The van der Waals surface area contributed by atoms with Crippen LogP contribution in [0.15, 0.2) is 12.3 Å². The number of esters is 1. The summed E-state index contributed by atoms with van der Waals surface area (Å²) in [6.45, 7) is 3.92. The lowest BCUT2D eigenvalue weighted by Crippen LogP contribution is -2.13. The van der Waals surface area contributed by atoms with E-state index in [1.165, 1.54) is 6.20 Å². The molecule has 7 heteroatoms. The summed E-state index contributed by atoms with van der Waals surface area (Å²) in [4.78, 5) is 25.4. The van der Waals surface area contributed by atoms with Gasteiger partial charge in [0.05, 0.1) is 18.0 Å². The van der Waals surface area contributed by atoms with E-state index >= 15 is 0 Å². The molecule has 18 heavy (non-hydrogen) atoms. The van der Waals surface area contributed by atoms with Crippen LogP contribution in [0.3, 0.4) is 0 Å². The first-order chi connectivity index (χ1) is 8.56. The number of pyridine rings is 1. The predicted molar refractivity (Wildman–Crippen MR) is 65.4 cm³/mol. The first kappa shape index (κ1) is 13.9. The molecule has 0 amide bonds. The van der Waals surface area contributed by atoms with Gasteiger partial charge < -0.3 is 10.1 Å². The molecule has 1 N–H and O–H groups in total. The largest absolute Gasteiger partial charge is 0.466 e. The van der Waals surface area contributed by atoms with Gasteiger partial charge in [-0.1, -0.05) is 0 Å². The van der Waals surface area contributed by atoms with E-state index in [0.717, 1.165) is 0 Å². The van der Waals surface area contributed by atoms with Crippen LogP contribution in [0.1, 0.15) is 18.9 Å². The highest BCUT2D eigenvalue weighted by molar-refractivity contribution is 5.70. The van der Waals surface area contributed by atoms with Crippen LogP contribution in [-0.2, 0) is 9.53 Å². The number of carbonyl (C=O) groups is 1. The lowest BCUT2D eigenvalue weighted by molar-refractivity contribution is -0.384. The van der Waals surface area contributed by atoms with Gasteiger partial charge in [-0.15, -0.1) is 0 Å². The molecule has 0 saturated heterocycles. The molecule has 0 aromatic carbocycles. The van der Waals surface area contributed by atoms with Gasteiger partial charge in [0.2, 0.25) is 5.82 Å². The third-order valence-electron chi connectivity index (χ3n) is 2.24. The molecule has 0 saturated carbocycles. The maximum absolute atomic E-state index is 11.1. The molecule has 0 atom stereocenters. The highest BCUT2D eigenvalue weighted by Gasteiger charge is 2.18. The van der Waals surface area contributed by atoms with Crippen molar-refractivity contribution in [3.05, 3.63) is 27.9 Å². The minimum atomic E-state index is -0.491. The van der Waals surface area contributed by atoms with Gasteiger partial charge in [0.15, 0.2) is 0 Å². The van der Waals surface area contributed by atoms with Crippen molar-refractivity contribution in [1.82, 2.24) is 4.98 Å². The van der Waals surface area contributed by atoms with E-state index in [1.807, 2.05) is 0 Å². The SMILES string of the molecule is CCOC(=O)CCNc1nccc(C)c1[N+](=O)[O-]. The molecule has 0 bridgehead atoms. The zero-order chi connectivity index (χ0) is 13.5. The standard InChI is InChI=1S/C11H15N3O4/c1-3-18-9(15)5-7-13-11-10(14(16)17)8(2)4-6-12-11/h4,6H,3,5,7H2,1-2H3,(H,12,13). The molecule has 0 aliphatic rings. The number of ether oxygens (including phenoxy) is 1. The normalized spacial score (nSPS) is 9.89. The molecule has 0 aliphatic carbocycles. The summed E-state index contributed by atoms with van der Waals surface area (Å²) in [5.41, 5.74) is 0.454. The number of aromatic nitrogens is 1. The van der Waals surface area contributed by atoms with E-state index in [0.29, 0.717) is 12.2 Å². The Balaban J connectivity index is 2.65. The Morgan fingerprint density at radius 2 is 2.33 bits per heavy atom. The first-order valence-corrected chi connectivity index (χ1v) is 5.55. The monoisotopic (exact) mass is 253 g/mol. The fraction of sp³-hybridized carbons (Fsp3) is 0.455. The topological polar surface area (TPSA) is 94.4 Å². The van der Waals surface area contributed by atoms with E-state index in [9.17, 15) is 14.9 Å². The zero-order valence-corrected chi connectivity index (χ0v) is 10.3. The summed E-state index contributed by atoms with van der Waals surface area (Å²) in [6, 6.07) is 1.56. The van der Waals surface area contributed by atoms with Gasteiger partial charge in [-0.25, -0.2) is 4.98 Å². The van der Waals surface area contributed by atoms with E-state index in [1.54, 1.807) is 19.9 Å². The molecular weight excluding hydrogens is 238 g/mol. The molecule has 0 radical (unpaired) electrons. The third-order valence-corrected chi connectivity index (χ3v) is 2.24. The van der Waals surface area contributed by atoms with Gasteiger partial charge in [0, 0.05) is 18.3 Å². The van der Waals surface area contributed by atoms with Crippen molar-refractivity contribution in [2.75, 3.05) is 18.5 Å². The quantitative estimate of drug-likeness (QED) is 0.470. The summed E-state index contributed by atoms with van der Waals surface area (Å²) in [5, 5.41) is 13.6. The van der Waals surface area contributed by atoms with Crippen LogP contribution in [-0.4, -0.2) is 29.0 Å². The van der Waals surface area contributed by atoms with Crippen molar-refractivity contribution in [3.8, 4) is 0 Å². The van der Waals surface area contributed by atoms with Gasteiger partial charge in [0.25, 0.3) is 0 Å². The third kappa shape index (κ3) is 3.69. The Hall–Kier alpha value is -2.18. The Morgan fingerprint density at radius 1 is 1.61 bits per heavy atom. The Labute approximate surface area is 104 Å². The fourth-order valence-corrected chi connectivity index (χ4v) is 1.43. The summed E-state index contributed by atoms with van der Waals surface area (Å²) in [7, 11) is 0. The lowest BCUT2D eigenvalue weighted by atomic mass is 10.2. The van der Waals surface area contributed by atoms with Crippen LogP contribution < -0.4 is 5.32 Å². The second-order valence-electron chi connectivity index (χ2n) is 3.56. The number of hydrogen-bond donors (Lipinski definition) is 1. The molecule has 0 aliphatic heterocycles. The number of nitrogens with zero attached hydrogens (tertiary/aromatic N) is 2. The molecule has 7 nitrogen and oxygen atoms in total. The Bertz CT molecular complexity index is 448. The molecule has 1 aromatic heterocycles. The maximum Gasteiger partial charge on any atom is 0.314 e. The number of aryl methyl sites for hydroxylation is 1. The summed E-state index contributed by atoms with van der Waals surface area (Å²) in [6.07, 6.45) is 1.62. The van der Waals surface area contributed by atoms with Gasteiger partial charge in [-0.3, -0.25) is 14.9 Å². The van der Waals surface area contributed by atoms with Crippen LogP contribution in [0.2, 0.25) is 0 Å². The van der Waals surface area contributed by atoms with Gasteiger partial charge in [-0.05, 0) is 19.9 Å². The Morgan fingerprint density at radius 3 is 2.94 bits per heavy atom. The second-order valence-corrected chi connectivity index (χ2v) is 3.56. The van der Waals surface area contributed by atoms with E-state index in [2.05, 4.69) is 10.3 Å². The highest BCUT2D eigenvalue weighted by Crippen LogP contribution is 2.25. The number of anilines is 1. The Kier molecular flexibility index (Phi) is 5.04. The molecule has 0 fully saturated rings.